The van der Waals surface area contributed by atoms with Crippen LogP contribution in [0.15, 0.2) is 28.8 Å². The lowest BCUT2D eigenvalue weighted by Crippen LogP contribution is -2.35. The highest BCUT2D eigenvalue weighted by Gasteiger charge is 2.31. The number of amides is 1. The van der Waals surface area contributed by atoms with Gasteiger partial charge in [-0.25, -0.2) is 0 Å². The van der Waals surface area contributed by atoms with E-state index in [1.54, 1.807) is 0 Å². The number of benzene rings is 1. The number of rotatable bonds is 3. The van der Waals surface area contributed by atoms with E-state index in [2.05, 4.69) is 10.5 Å². The van der Waals surface area contributed by atoms with Gasteiger partial charge in [-0.2, -0.15) is 13.2 Å². The van der Waals surface area contributed by atoms with E-state index in [1.807, 2.05) is 0 Å². The van der Waals surface area contributed by atoms with Crippen LogP contribution in [-0.2, 0) is 10.9 Å². The molecule has 1 aromatic heterocycles. The molecule has 2 heterocycles. The average molecular weight is 361 g/mol. The Balaban J connectivity index is 1.80. The van der Waals surface area contributed by atoms with Gasteiger partial charge in [0.25, 0.3) is 5.91 Å². The molecule has 128 valence electrons. The Hall–Kier alpha value is -2.06. The number of halogens is 4. The number of nitrogens with zero attached hydrogens (tertiary/aromatic N) is 1. The summed E-state index contributed by atoms with van der Waals surface area (Å²) < 4.78 is 47.9. The van der Waals surface area contributed by atoms with Gasteiger partial charge in [0.1, 0.15) is 5.02 Å². The van der Waals surface area contributed by atoms with Gasteiger partial charge >= 0.3 is 6.18 Å². The van der Waals surface area contributed by atoms with Crippen LogP contribution in [0.5, 0.6) is 0 Å². The molecule has 2 aromatic rings. The molecule has 1 aliphatic rings. The Labute approximate surface area is 139 Å². The third kappa shape index (κ3) is 3.39. The fourth-order valence-electron chi connectivity index (χ4n) is 2.31. The lowest BCUT2D eigenvalue weighted by molar-refractivity contribution is -0.137. The number of carbonyl (C=O) groups is 1. The largest absolute Gasteiger partial charge is 0.416 e. The molecule has 0 spiro atoms. The van der Waals surface area contributed by atoms with Gasteiger partial charge in [0.2, 0.25) is 0 Å². The second-order valence-corrected chi connectivity index (χ2v) is 5.66. The Morgan fingerprint density at radius 1 is 1.29 bits per heavy atom. The smallest absolute Gasteiger partial charge is 0.379 e. The van der Waals surface area contributed by atoms with Crippen LogP contribution in [0.1, 0.15) is 22.5 Å². The van der Waals surface area contributed by atoms with Crippen molar-refractivity contribution in [2.75, 3.05) is 13.2 Å². The van der Waals surface area contributed by atoms with Gasteiger partial charge in [0, 0.05) is 12.2 Å². The summed E-state index contributed by atoms with van der Waals surface area (Å²) in [7, 11) is 0. The minimum atomic E-state index is -4.43. The van der Waals surface area contributed by atoms with E-state index in [0.717, 1.165) is 12.1 Å². The van der Waals surface area contributed by atoms with E-state index in [1.165, 1.54) is 12.1 Å². The minimum Gasteiger partial charge on any atom is -0.379 e. The molecule has 1 N–H and O–H groups in total. The van der Waals surface area contributed by atoms with E-state index >= 15 is 0 Å². The van der Waals surface area contributed by atoms with Crippen molar-refractivity contribution in [3.8, 4) is 11.3 Å². The zero-order valence-electron chi connectivity index (χ0n) is 12.2. The van der Waals surface area contributed by atoms with Gasteiger partial charge in [-0.15, -0.1) is 0 Å². The topological polar surface area (TPSA) is 64.4 Å². The molecule has 0 unspecified atom stereocenters. The van der Waals surface area contributed by atoms with Crippen LogP contribution in [0, 0.1) is 0 Å². The van der Waals surface area contributed by atoms with Gasteiger partial charge in [-0.1, -0.05) is 28.9 Å². The molecule has 0 aliphatic carbocycles. The van der Waals surface area contributed by atoms with E-state index in [0.29, 0.717) is 25.2 Å². The van der Waals surface area contributed by atoms with Crippen LogP contribution < -0.4 is 5.32 Å². The molecule has 24 heavy (non-hydrogen) atoms. The molecule has 0 bridgehead atoms. The molecular formula is C15H12ClF3N2O3. The predicted octanol–water partition coefficient (Wildman–Crippen LogP) is 3.53. The molecule has 9 heteroatoms. The third-order valence-electron chi connectivity index (χ3n) is 3.59. The van der Waals surface area contributed by atoms with Crippen LogP contribution in [-0.4, -0.2) is 30.3 Å². The number of ether oxygens (including phenoxy) is 1. The Morgan fingerprint density at radius 3 is 2.58 bits per heavy atom. The average Bonchev–Trinajstić information content (AvgIpc) is 3.16. The van der Waals surface area contributed by atoms with Crippen LogP contribution in [0.25, 0.3) is 11.3 Å². The first-order valence-electron chi connectivity index (χ1n) is 7.07. The molecule has 0 saturated carbocycles. The lowest BCUT2D eigenvalue weighted by atomic mass is 10.1. The fraction of sp³-hybridized carbons (Fsp3) is 0.333. The van der Waals surface area contributed by atoms with E-state index in [-0.39, 0.29) is 22.5 Å². The SMILES string of the molecule is O=C(N[C@@H]1CCOC1)c1noc(-c2ccc(C(F)(F)F)cc2)c1Cl. The van der Waals surface area contributed by atoms with Crippen molar-refractivity contribution >= 4 is 17.5 Å². The monoisotopic (exact) mass is 360 g/mol. The van der Waals surface area contributed by atoms with Gasteiger partial charge in [-0.3, -0.25) is 4.79 Å². The third-order valence-corrected chi connectivity index (χ3v) is 3.94. The second kappa shape index (κ2) is 6.45. The highest BCUT2D eigenvalue weighted by Crippen LogP contribution is 2.34. The zero-order valence-corrected chi connectivity index (χ0v) is 12.9. The van der Waals surface area contributed by atoms with E-state index in [9.17, 15) is 18.0 Å². The summed E-state index contributed by atoms with van der Waals surface area (Å²) in [4.78, 5) is 12.1. The first-order valence-corrected chi connectivity index (χ1v) is 7.45. The van der Waals surface area contributed by atoms with Crippen LogP contribution in [0.4, 0.5) is 13.2 Å². The quantitative estimate of drug-likeness (QED) is 0.909. The molecule has 1 amide bonds. The molecule has 1 saturated heterocycles. The first kappa shape index (κ1) is 16.8. The summed E-state index contributed by atoms with van der Waals surface area (Å²) in [5.41, 5.74) is -0.608. The zero-order chi connectivity index (χ0) is 17.3. The summed E-state index contributed by atoms with van der Waals surface area (Å²) in [6.07, 6.45) is -3.74. The van der Waals surface area contributed by atoms with Gasteiger partial charge < -0.3 is 14.6 Å². The maximum atomic E-state index is 12.6. The standard InChI is InChI=1S/C15H12ClF3N2O3/c16-11-12(14(22)20-10-5-6-23-7-10)21-24-13(11)8-1-3-9(4-2-8)15(17,18)19/h1-4,10H,5-7H2,(H,20,22)/t10-/m1/s1. The minimum absolute atomic E-state index is 0.0400. The predicted molar refractivity (Wildman–Crippen MR) is 78.6 cm³/mol. The van der Waals surface area contributed by atoms with Crippen LogP contribution in [0.2, 0.25) is 5.02 Å². The Morgan fingerprint density at radius 2 is 2.00 bits per heavy atom. The van der Waals surface area contributed by atoms with Crippen molar-refractivity contribution < 1.29 is 27.2 Å². The van der Waals surface area contributed by atoms with Crippen molar-refractivity contribution in [1.82, 2.24) is 10.5 Å². The first-order chi connectivity index (χ1) is 11.4. The Kier molecular flexibility index (Phi) is 4.51. The number of hydrogen-bond donors (Lipinski definition) is 1. The molecule has 1 aliphatic heterocycles. The summed E-state index contributed by atoms with van der Waals surface area (Å²) in [5.74, 6) is -0.476. The normalized spacial score (nSPS) is 17.9. The van der Waals surface area contributed by atoms with E-state index < -0.39 is 17.6 Å². The molecule has 1 fully saturated rings. The Bertz CT molecular complexity index is 737. The number of hydrogen-bond acceptors (Lipinski definition) is 4. The molecule has 0 radical (unpaired) electrons. The summed E-state index contributed by atoms with van der Waals surface area (Å²) in [5, 5.41) is 6.28. The van der Waals surface area contributed by atoms with Crippen molar-refractivity contribution in [2.24, 2.45) is 0 Å². The van der Waals surface area contributed by atoms with E-state index in [4.69, 9.17) is 20.9 Å². The van der Waals surface area contributed by atoms with Crippen molar-refractivity contribution in [3.05, 3.63) is 40.5 Å². The maximum absolute atomic E-state index is 12.6. The van der Waals surface area contributed by atoms with Crippen molar-refractivity contribution in [2.45, 2.75) is 18.6 Å². The highest BCUT2D eigenvalue weighted by molar-refractivity contribution is 6.35. The molecule has 1 aromatic carbocycles. The summed E-state index contributed by atoms with van der Waals surface area (Å²) in [6.45, 7) is 0.973. The second-order valence-electron chi connectivity index (χ2n) is 5.28. The van der Waals surface area contributed by atoms with Gasteiger partial charge in [0.15, 0.2) is 11.5 Å². The number of nitrogens with one attached hydrogen (secondary N) is 1. The maximum Gasteiger partial charge on any atom is 0.416 e. The molecule has 1 atom stereocenters. The molecule has 3 rings (SSSR count). The number of carbonyl (C=O) groups excluding carboxylic acids is 1. The fourth-order valence-corrected chi connectivity index (χ4v) is 2.58. The number of alkyl halides is 3. The van der Waals surface area contributed by atoms with Crippen LogP contribution >= 0.6 is 11.6 Å². The lowest BCUT2D eigenvalue weighted by Gasteiger charge is -2.08. The number of aromatic nitrogens is 1. The highest BCUT2D eigenvalue weighted by atomic mass is 35.5. The van der Waals surface area contributed by atoms with Gasteiger partial charge in [-0.05, 0) is 18.6 Å². The van der Waals surface area contributed by atoms with Crippen molar-refractivity contribution in [3.63, 3.8) is 0 Å². The molecule has 5 nitrogen and oxygen atoms in total. The molecular weight excluding hydrogens is 349 g/mol. The van der Waals surface area contributed by atoms with Gasteiger partial charge in [0.05, 0.1) is 18.2 Å². The summed E-state index contributed by atoms with van der Waals surface area (Å²) in [6, 6.07) is 4.11. The summed E-state index contributed by atoms with van der Waals surface area (Å²) >= 11 is 6.10. The van der Waals surface area contributed by atoms with Crippen molar-refractivity contribution in [1.29, 1.82) is 0 Å². The van der Waals surface area contributed by atoms with Crippen LogP contribution in [0.3, 0.4) is 0 Å².